The van der Waals surface area contributed by atoms with Gasteiger partial charge in [0, 0.05) is 12.6 Å². The second-order valence-electron chi connectivity index (χ2n) is 5.70. The van der Waals surface area contributed by atoms with Gasteiger partial charge >= 0.3 is 0 Å². The molecule has 0 aliphatic rings. The van der Waals surface area contributed by atoms with Gasteiger partial charge in [-0.2, -0.15) is 0 Å². The summed E-state index contributed by atoms with van der Waals surface area (Å²) in [6.45, 7) is 6.97. The van der Waals surface area contributed by atoms with Crippen LogP contribution in [0.2, 0.25) is 19.6 Å². The van der Waals surface area contributed by atoms with Crippen LogP contribution in [0.4, 0.5) is 0 Å². The van der Waals surface area contributed by atoms with Gasteiger partial charge in [-0.15, -0.1) is 0 Å². The lowest BCUT2D eigenvalue weighted by molar-refractivity contribution is -0.119. The first-order valence-corrected chi connectivity index (χ1v) is 9.73. The first-order valence-electron chi connectivity index (χ1n) is 6.23. The Morgan fingerprint density at radius 2 is 2.00 bits per heavy atom. The van der Waals surface area contributed by atoms with Crippen molar-refractivity contribution in [1.29, 1.82) is 0 Å². The molecule has 0 atom stereocenters. The lowest BCUT2D eigenvalue weighted by atomic mass is 10.1. The Morgan fingerprint density at radius 1 is 1.28 bits per heavy atom. The molecule has 0 spiro atoms. The number of fused-ring (bicyclic) bond motifs is 1. The lowest BCUT2D eigenvalue weighted by Crippen LogP contribution is -2.38. The molecule has 2 aromatic rings. The summed E-state index contributed by atoms with van der Waals surface area (Å²) in [4.78, 5) is 14.9. The molecule has 0 bridgehead atoms. The van der Waals surface area contributed by atoms with Crippen LogP contribution in [0.5, 0.6) is 0 Å². The van der Waals surface area contributed by atoms with Crippen molar-refractivity contribution in [3.8, 4) is 0 Å². The average Bonchev–Trinajstić information content (AvgIpc) is 2.71. The van der Waals surface area contributed by atoms with Gasteiger partial charge < -0.3 is 10.3 Å². The van der Waals surface area contributed by atoms with Crippen LogP contribution in [0.3, 0.4) is 0 Å². The topological polar surface area (TPSA) is 44.9 Å². The number of carbonyl (C=O) groups excluding carboxylic acids is 1. The maximum atomic E-state index is 11.4. The van der Waals surface area contributed by atoms with Crippen LogP contribution in [-0.2, 0) is 11.2 Å². The van der Waals surface area contributed by atoms with Crippen molar-refractivity contribution in [2.45, 2.75) is 26.1 Å². The van der Waals surface area contributed by atoms with E-state index in [1.54, 1.807) is 7.05 Å². The predicted octanol–water partition coefficient (Wildman–Crippen LogP) is 2.00. The minimum Gasteiger partial charge on any atom is -0.362 e. The molecule has 3 nitrogen and oxygen atoms in total. The molecule has 0 radical (unpaired) electrons. The monoisotopic (exact) mass is 260 g/mol. The van der Waals surface area contributed by atoms with E-state index in [1.165, 1.54) is 10.7 Å². The van der Waals surface area contributed by atoms with Gasteiger partial charge in [0.05, 0.1) is 14.5 Å². The Labute approximate surface area is 109 Å². The molecule has 18 heavy (non-hydrogen) atoms. The number of aromatic amines is 1. The molecule has 0 saturated heterocycles. The number of likely N-dealkylation sites (N-methyl/N-ethyl adjacent to an activating group) is 1. The Hall–Kier alpha value is -1.55. The summed E-state index contributed by atoms with van der Waals surface area (Å²) >= 11 is 0. The number of nitrogens with one attached hydrogen (secondary N) is 2. The Kier molecular flexibility index (Phi) is 3.30. The maximum Gasteiger partial charge on any atom is 0.224 e. The standard InChI is InChI=1S/C14H20N2OSi/c1-15-13(17)8-10-5-6-12-11(7-10)9-14(16-12)18(2,3)4/h5-7,9,16H,8H2,1-4H3,(H,15,17). The van der Waals surface area contributed by atoms with Crippen molar-refractivity contribution in [1.82, 2.24) is 10.3 Å². The molecule has 0 aliphatic carbocycles. The summed E-state index contributed by atoms with van der Waals surface area (Å²) in [5, 5.41) is 5.21. The number of carbonyl (C=O) groups is 1. The SMILES string of the molecule is CNC(=O)Cc1ccc2[nH]c([Si](C)(C)C)cc2c1. The first-order chi connectivity index (χ1) is 8.40. The smallest absolute Gasteiger partial charge is 0.224 e. The number of hydrogen-bond donors (Lipinski definition) is 2. The van der Waals surface area contributed by atoms with Crippen LogP contribution in [-0.4, -0.2) is 26.0 Å². The summed E-state index contributed by atoms with van der Waals surface area (Å²) in [5.74, 6) is 0.0512. The van der Waals surface area contributed by atoms with Gasteiger partial charge in [0.25, 0.3) is 0 Å². The fourth-order valence-electron chi connectivity index (χ4n) is 1.97. The van der Waals surface area contributed by atoms with Crippen LogP contribution in [0, 0.1) is 0 Å². The van der Waals surface area contributed by atoms with E-state index < -0.39 is 8.07 Å². The molecule has 0 saturated carbocycles. The largest absolute Gasteiger partial charge is 0.362 e. The van der Waals surface area contributed by atoms with Gasteiger partial charge in [0.1, 0.15) is 0 Å². The highest BCUT2D eigenvalue weighted by Crippen LogP contribution is 2.16. The minimum atomic E-state index is -1.31. The van der Waals surface area contributed by atoms with Crippen LogP contribution < -0.4 is 10.6 Å². The number of benzene rings is 1. The Balaban J connectivity index is 2.37. The third-order valence-electron chi connectivity index (χ3n) is 3.14. The number of amides is 1. The first kappa shape index (κ1) is 12.9. The van der Waals surface area contributed by atoms with Gasteiger partial charge in [-0.1, -0.05) is 25.7 Å². The van der Waals surface area contributed by atoms with Gasteiger partial charge in [-0.3, -0.25) is 4.79 Å². The molecular formula is C14H20N2OSi. The van der Waals surface area contributed by atoms with E-state index in [-0.39, 0.29) is 5.91 Å². The molecule has 2 N–H and O–H groups in total. The zero-order chi connectivity index (χ0) is 13.3. The van der Waals surface area contributed by atoms with Crippen molar-refractivity contribution in [3.63, 3.8) is 0 Å². The zero-order valence-electron chi connectivity index (χ0n) is 11.4. The molecule has 2 rings (SSSR count). The summed E-state index contributed by atoms with van der Waals surface area (Å²) in [7, 11) is 0.360. The number of hydrogen-bond acceptors (Lipinski definition) is 1. The Morgan fingerprint density at radius 3 is 2.61 bits per heavy atom. The summed E-state index contributed by atoms with van der Waals surface area (Å²) in [6.07, 6.45) is 0.444. The molecular weight excluding hydrogens is 240 g/mol. The van der Waals surface area contributed by atoms with Gasteiger partial charge in [0.2, 0.25) is 5.91 Å². The third-order valence-corrected chi connectivity index (χ3v) is 5.02. The minimum absolute atomic E-state index is 0.0512. The predicted molar refractivity (Wildman–Crippen MR) is 79.0 cm³/mol. The number of H-pyrrole nitrogens is 1. The summed E-state index contributed by atoms with van der Waals surface area (Å²) in [5.41, 5.74) is 2.22. The molecule has 1 aromatic carbocycles. The second kappa shape index (κ2) is 4.61. The van der Waals surface area contributed by atoms with Gasteiger partial charge in [-0.05, 0) is 34.5 Å². The van der Waals surface area contributed by atoms with E-state index >= 15 is 0 Å². The van der Waals surface area contributed by atoms with Crippen molar-refractivity contribution in [3.05, 3.63) is 29.8 Å². The third kappa shape index (κ3) is 2.64. The van der Waals surface area contributed by atoms with Crippen molar-refractivity contribution in [2.75, 3.05) is 7.05 Å². The highest BCUT2D eigenvalue weighted by Gasteiger charge is 2.18. The van der Waals surface area contributed by atoms with Crippen LogP contribution in [0.15, 0.2) is 24.3 Å². The van der Waals surface area contributed by atoms with E-state index in [0.717, 1.165) is 11.1 Å². The van der Waals surface area contributed by atoms with Crippen molar-refractivity contribution in [2.24, 2.45) is 0 Å². The number of rotatable bonds is 3. The fraction of sp³-hybridized carbons (Fsp3) is 0.357. The molecule has 0 fully saturated rings. The van der Waals surface area contributed by atoms with Crippen LogP contribution in [0.25, 0.3) is 10.9 Å². The van der Waals surface area contributed by atoms with E-state index in [2.05, 4.69) is 48.1 Å². The summed E-state index contributed by atoms with van der Waals surface area (Å²) < 4.78 is 0. The zero-order valence-corrected chi connectivity index (χ0v) is 12.4. The molecule has 0 unspecified atom stereocenters. The highest BCUT2D eigenvalue weighted by molar-refractivity contribution is 6.88. The molecule has 1 aromatic heterocycles. The van der Waals surface area contributed by atoms with Gasteiger partial charge in [0.15, 0.2) is 0 Å². The molecule has 1 heterocycles. The molecule has 0 aliphatic heterocycles. The van der Waals surface area contributed by atoms with E-state index in [9.17, 15) is 4.79 Å². The molecule has 4 heteroatoms. The second-order valence-corrected chi connectivity index (χ2v) is 10.7. The van der Waals surface area contributed by atoms with E-state index in [4.69, 9.17) is 0 Å². The van der Waals surface area contributed by atoms with Crippen molar-refractivity contribution < 1.29 is 4.79 Å². The highest BCUT2D eigenvalue weighted by atomic mass is 28.3. The quantitative estimate of drug-likeness (QED) is 0.815. The van der Waals surface area contributed by atoms with E-state index in [1.807, 2.05) is 6.07 Å². The van der Waals surface area contributed by atoms with Gasteiger partial charge in [-0.25, -0.2) is 0 Å². The molecule has 1 amide bonds. The normalized spacial score (nSPS) is 11.8. The Bertz CT molecular complexity index is 581. The maximum absolute atomic E-state index is 11.4. The lowest BCUT2D eigenvalue weighted by Gasteiger charge is -2.12. The van der Waals surface area contributed by atoms with Crippen molar-refractivity contribution >= 4 is 30.2 Å². The van der Waals surface area contributed by atoms with Crippen LogP contribution in [0.1, 0.15) is 5.56 Å². The average molecular weight is 260 g/mol. The fourth-order valence-corrected chi connectivity index (χ4v) is 3.07. The van der Waals surface area contributed by atoms with E-state index in [0.29, 0.717) is 6.42 Å². The molecule has 96 valence electrons. The number of aromatic nitrogens is 1. The summed E-state index contributed by atoms with van der Waals surface area (Å²) in [6, 6.07) is 8.42. The van der Waals surface area contributed by atoms with Crippen LogP contribution >= 0.6 is 0 Å².